The van der Waals surface area contributed by atoms with Gasteiger partial charge in [-0.1, -0.05) is 38.5 Å². The number of hydrogen-bond acceptors (Lipinski definition) is 3. The van der Waals surface area contributed by atoms with Crippen molar-refractivity contribution in [3.8, 4) is 0 Å². The summed E-state index contributed by atoms with van der Waals surface area (Å²) in [6.07, 6.45) is 9.70. The summed E-state index contributed by atoms with van der Waals surface area (Å²) in [5.74, 6) is 2.13. The first-order chi connectivity index (χ1) is 12.7. The van der Waals surface area contributed by atoms with Gasteiger partial charge in [0.1, 0.15) is 0 Å². The van der Waals surface area contributed by atoms with Gasteiger partial charge >= 0.3 is 0 Å². The summed E-state index contributed by atoms with van der Waals surface area (Å²) in [6, 6.07) is 0. The second kappa shape index (κ2) is 14.4. The Bertz CT molecular complexity index is 432. The number of piperazine rings is 1. The first kappa shape index (κ1) is 24.5. The molecule has 1 saturated carbocycles. The zero-order chi connectivity index (χ0) is 18.6. The molecule has 1 saturated heterocycles. The maximum Gasteiger partial charge on any atom is 0.219 e. The molecule has 0 bridgehead atoms. The highest BCUT2D eigenvalue weighted by atomic mass is 127. The molecular weight excluding hydrogens is 453 g/mol. The van der Waals surface area contributed by atoms with Crippen molar-refractivity contribution in [2.45, 2.75) is 58.8 Å². The molecule has 158 valence electrons. The molecule has 0 radical (unpaired) electrons. The number of unbranched alkanes of at least 4 members (excludes halogenated alkanes) is 1. The zero-order valence-electron chi connectivity index (χ0n) is 17.3. The van der Waals surface area contributed by atoms with E-state index in [9.17, 15) is 4.79 Å². The molecule has 2 aliphatic rings. The number of rotatable bonds is 9. The summed E-state index contributed by atoms with van der Waals surface area (Å²) in [7, 11) is 0. The number of carbonyl (C=O) groups is 1. The van der Waals surface area contributed by atoms with Gasteiger partial charge < -0.3 is 15.5 Å². The lowest BCUT2D eigenvalue weighted by atomic mass is 10.0. The molecule has 7 heteroatoms. The van der Waals surface area contributed by atoms with Crippen molar-refractivity contribution in [3.05, 3.63) is 0 Å². The number of nitrogens with one attached hydrogen (secondary N) is 2. The molecule has 0 unspecified atom stereocenters. The van der Waals surface area contributed by atoms with Gasteiger partial charge in [0.15, 0.2) is 5.96 Å². The van der Waals surface area contributed by atoms with Crippen LogP contribution in [0.1, 0.15) is 58.8 Å². The summed E-state index contributed by atoms with van der Waals surface area (Å²) in [6.45, 7) is 11.1. The lowest BCUT2D eigenvalue weighted by Crippen LogP contribution is -2.50. The van der Waals surface area contributed by atoms with Crippen molar-refractivity contribution in [1.29, 1.82) is 0 Å². The summed E-state index contributed by atoms with van der Waals surface area (Å²) in [4.78, 5) is 20.4. The fraction of sp³-hybridized carbons (Fsp3) is 0.900. The molecule has 0 aromatic heterocycles. The van der Waals surface area contributed by atoms with E-state index in [4.69, 9.17) is 4.99 Å². The van der Waals surface area contributed by atoms with E-state index in [1.807, 2.05) is 4.90 Å². The van der Waals surface area contributed by atoms with E-state index in [0.29, 0.717) is 0 Å². The van der Waals surface area contributed by atoms with Crippen molar-refractivity contribution in [2.75, 3.05) is 52.4 Å². The van der Waals surface area contributed by atoms with Crippen LogP contribution in [-0.2, 0) is 4.79 Å². The fourth-order valence-corrected chi connectivity index (χ4v) is 4.00. The molecule has 2 N–H and O–H groups in total. The second-order valence-electron chi connectivity index (χ2n) is 7.68. The summed E-state index contributed by atoms with van der Waals surface area (Å²) < 4.78 is 0. The largest absolute Gasteiger partial charge is 0.357 e. The van der Waals surface area contributed by atoms with Gasteiger partial charge in [-0.25, -0.2) is 0 Å². The molecule has 0 spiro atoms. The predicted octanol–water partition coefficient (Wildman–Crippen LogP) is 2.68. The molecule has 27 heavy (non-hydrogen) atoms. The highest BCUT2D eigenvalue weighted by Gasteiger charge is 2.18. The Morgan fingerprint density at radius 1 is 1.07 bits per heavy atom. The Morgan fingerprint density at radius 2 is 1.78 bits per heavy atom. The third kappa shape index (κ3) is 9.96. The van der Waals surface area contributed by atoms with Crippen LogP contribution in [0.15, 0.2) is 4.99 Å². The number of guanidine groups is 1. The lowest BCUT2D eigenvalue weighted by molar-refractivity contribution is -0.130. The van der Waals surface area contributed by atoms with Gasteiger partial charge in [0, 0.05) is 59.3 Å². The van der Waals surface area contributed by atoms with Gasteiger partial charge in [0.25, 0.3) is 0 Å². The number of amides is 1. The molecule has 6 nitrogen and oxygen atoms in total. The fourth-order valence-electron chi connectivity index (χ4n) is 4.00. The Balaban J connectivity index is 0.00000364. The second-order valence-corrected chi connectivity index (χ2v) is 7.68. The Morgan fingerprint density at radius 3 is 2.41 bits per heavy atom. The minimum atomic E-state index is 0. The van der Waals surface area contributed by atoms with Crippen molar-refractivity contribution in [1.82, 2.24) is 20.4 Å². The van der Waals surface area contributed by atoms with E-state index in [1.165, 1.54) is 44.9 Å². The van der Waals surface area contributed by atoms with Crippen LogP contribution in [0.5, 0.6) is 0 Å². The van der Waals surface area contributed by atoms with Gasteiger partial charge in [-0.15, -0.1) is 24.0 Å². The Hall–Kier alpha value is -0.570. The predicted molar refractivity (Wildman–Crippen MR) is 124 cm³/mol. The molecule has 1 aliphatic heterocycles. The average Bonchev–Trinajstić information content (AvgIpc) is 3.15. The third-order valence-electron chi connectivity index (χ3n) is 5.65. The van der Waals surface area contributed by atoms with E-state index >= 15 is 0 Å². The molecule has 1 amide bonds. The van der Waals surface area contributed by atoms with Crippen LogP contribution in [0, 0.1) is 5.92 Å². The van der Waals surface area contributed by atoms with Crippen molar-refractivity contribution < 1.29 is 4.79 Å². The van der Waals surface area contributed by atoms with Gasteiger partial charge in [-0.2, -0.15) is 0 Å². The van der Waals surface area contributed by atoms with E-state index < -0.39 is 0 Å². The highest BCUT2D eigenvalue weighted by molar-refractivity contribution is 14.0. The van der Waals surface area contributed by atoms with Crippen LogP contribution >= 0.6 is 24.0 Å². The van der Waals surface area contributed by atoms with Crippen molar-refractivity contribution >= 4 is 35.8 Å². The standard InChI is InChI=1S/C20H39N5O.HI/c1-3-21-20(22-11-7-6-10-19-8-4-5-9-19)23-12-13-24-14-16-25(17-15-24)18(2)26;/h19H,3-17H2,1-2H3,(H2,21,22,23);1H. The molecular formula is C20H40IN5O. The number of nitrogens with zero attached hydrogens (tertiary/aromatic N) is 3. The van der Waals surface area contributed by atoms with E-state index in [-0.39, 0.29) is 29.9 Å². The van der Waals surface area contributed by atoms with E-state index in [0.717, 1.165) is 64.2 Å². The molecule has 1 aliphatic carbocycles. The maximum absolute atomic E-state index is 11.4. The molecule has 0 atom stereocenters. The number of halogens is 1. The first-order valence-electron chi connectivity index (χ1n) is 10.7. The van der Waals surface area contributed by atoms with Gasteiger partial charge in [0.05, 0.1) is 0 Å². The third-order valence-corrected chi connectivity index (χ3v) is 5.65. The van der Waals surface area contributed by atoms with Crippen LogP contribution in [0.2, 0.25) is 0 Å². The number of carbonyl (C=O) groups excluding carboxylic acids is 1. The van der Waals surface area contributed by atoms with Gasteiger partial charge in [0.2, 0.25) is 5.91 Å². The highest BCUT2D eigenvalue weighted by Crippen LogP contribution is 2.28. The minimum absolute atomic E-state index is 0. The molecule has 0 aromatic carbocycles. The summed E-state index contributed by atoms with van der Waals surface area (Å²) in [5, 5.41) is 6.79. The normalized spacial score (nSPS) is 19.0. The van der Waals surface area contributed by atoms with E-state index in [2.05, 4.69) is 22.5 Å². The van der Waals surface area contributed by atoms with Crippen LogP contribution in [0.25, 0.3) is 0 Å². The molecule has 2 fully saturated rings. The Labute approximate surface area is 182 Å². The van der Waals surface area contributed by atoms with Crippen LogP contribution in [-0.4, -0.2) is 74.0 Å². The lowest BCUT2D eigenvalue weighted by Gasteiger charge is -2.34. The van der Waals surface area contributed by atoms with Crippen molar-refractivity contribution in [3.63, 3.8) is 0 Å². The smallest absolute Gasteiger partial charge is 0.219 e. The van der Waals surface area contributed by atoms with Crippen LogP contribution in [0.3, 0.4) is 0 Å². The monoisotopic (exact) mass is 493 g/mol. The number of aliphatic imine (C=N–C) groups is 1. The molecule has 0 aromatic rings. The van der Waals surface area contributed by atoms with E-state index in [1.54, 1.807) is 6.92 Å². The van der Waals surface area contributed by atoms with Gasteiger partial charge in [-0.3, -0.25) is 14.7 Å². The molecule has 2 rings (SSSR count). The number of hydrogen-bond donors (Lipinski definition) is 2. The Kier molecular flexibility index (Phi) is 13.1. The minimum Gasteiger partial charge on any atom is -0.357 e. The van der Waals surface area contributed by atoms with Crippen LogP contribution in [0.4, 0.5) is 0 Å². The summed E-state index contributed by atoms with van der Waals surface area (Å²) >= 11 is 0. The quantitative estimate of drug-likeness (QED) is 0.225. The first-order valence-corrected chi connectivity index (χ1v) is 10.7. The van der Waals surface area contributed by atoms with Crippen molar-refractivity contribution in [2.24, 2.45) is 10.9 Å². The SMILES string of the molecule is CCNC(=NCCCCC1CCCC1)NCCN1CCN(C(C)=O)CC1.I. The average molecular weight is 493 g/mol. The summed E-state index contributed by atoms with van der Waals surface area (Å²) in [5.41, 5.74) is 0. The molecule has 1 heterocycles. The maximum atomic E-state index is 11.4. The zero-order valence-corrected chi connectivity index (χ0v) is 19.7. The van der Waals surface area contributed by atoms with Gasteiger partial charge in [-0.05, 0) is 19.3 Å². The van der Waals surface area contributed by atoms with Crippen LogP contribution < -0.4 is 10.6 Å². The topological polar surface area (TPSA) is 60.0 Å².